The molecule has 0 saturated heterocycles. The molecule has 0 heterocycles. The zero-order valence-corrected chi connectivity index (χ0v) is 15.8. The van der Waals surface area contributed by atoms with E-state index in [1.54, 1.807) is 0 Å². The number of alkyl halides is 1. The molecule has 0 spiro atoms. The topological polar surface area (TPSA) is 34.1 Å². The van der Waals surface area contributed by atoms with Crippen LogP contribution in [-0.4, -0.2) is 17.7 Å². The molecule has 0 bridgehead atoms. The van der Waals surface area contributed by atoms with Gasteiger partial charge >= 0.3 is 0 Å². The maximum atomic E-state index is 14.3. The number of rotatable bonds is 1. The smallest absolute Gasteiger partial charge is 0.205 e. The van der Waals surface area contributed by atoms with Crippen molar-refractivity contribution in [3.05, 3.63) is 12.2 Å². The summed E-state index contributed by atoms with van der Waals surface area (Å²) < 4.78 is 14.3. The van der Waals surface area contributed by atoms with Crippen LogP contribution in [0.25, 0.3) is 0 Å². The van der Waals surface area contributed by atoms with Gasteiger partial charge in [-0.2, -0.15) is 0 Å². The first-order valence-corrected chi connectivity index (χ1v) is 10.1. The average Bonchev–Trinajstić information content (AvgIpc) is 2.86. The summed E-state index contributed by atoms with van der Waals surface area (Å²) in [4.78, 5) is 25.6. The summed E-state index contributed by atoms with van der Waals surface area (Å²) in [5, 5.41) is 0. The van der Waals surface area contributed by atoms with Crippen LogP contribution in [0.2, 0.25) is 0 Å². The van der Waals surface area contributed by atoms with E-state index in [-0.39, 0.29) is 34.7 Å². The molecule has 8 atom stereocenters. The highest BCUT2D eigenvalue weighted by Gasteiger charge is 2.64. The van der Waals surface area contributed by atoms with E-state index in [0.29, 0.717) is 31.1 Å². The maximum absolute atomic E-state index is 14.3. The monoisotopic (exact) mass is 346 g/mol. The van der Waals surface area contributed by atoms with E-state index in [0.717, 1.165) is 31.3 Å². The molecule has 4 aliphatic carbocycles. The van der Waals surface area contributed by atoms with Crippen LogP contribution in [0.3, 0.4) is 0 Å². The number of carbonyl (C=O) groups is 2. The van der Waals surface area contributed by atoms with Crippen LogP contribution in [0.1, 0.15) is 65.7 Å². The van der Waals surface area contributed by atoms with Crippen molar-refractivity contribution < 1.29 is 14.0 Å². The lowest BCUT2D eigenvalue weighted by Crippen LogP contribution is -2.60. The van der Waals surface area contributed by atoms with Crippen molar-refractivity contribution >= 4 is 11.6 Å². The average molecular weight is 346 g/mol. The fourth-order valence-electron chi connectivity index (χ4n) is 7.63. The molecule has 4 saturated carbocycles. The highest BCUT2D eigenvalue weighted by molar-refractivity contribution is 6.40. The number of halogens is 1. The molecule has 0 radical (unpaired) electrons. The van der Waals surface area contributed by atoms with E-state index in [1.807, 2.05) is 6.92 Å². The summed E-state index contributed by atoms with van der Waals surface area (Å²) in [5.74, 6) is 0.919. The van der Waals surface area contributed by atoms with Crippen molar-refractivity contribution in [2.75, 3.05) is 0 Å². The van der Waals surface area contributed by atoms with E-state index in [9.17, 15) is 14.0 Å². The lowest BCUT2D eigenvalue weighted by molar-refractivity contribution is -0.162. The van der Waals surface area contributed by atoms with Crippen molar-refractivity contribution in [3.63, 3.8) is 0 Å². The van der Waals surface area contributed by atoms with E-state index in [2.05, 4.69) is 20.4 Å². The van der Waals surface area contributed by atoms with E-state index in [1.165, 1.54) is 0 Å². The summed E-state index contributed by atoms with van der Waals surface area (Å²) in [6, 6.07) is 0. The van der Waals surface area contributed by atoms with E-state index in [4.69, 9.17) is 0 Å². The predicted octanol–water partition coefficient (Wildman–Crippen LogP) is 4.92. The highest BCUT2D eigenvalue weighted by Crippen LogP contribution is 2.67. The number of hydrogen-bond acceptors (Lipinski definition) is 2. The van der Waals surface area contributed by atoms with Gasteiger partial charge in [0.15, 0.2) is 5.78 Å². The van der Waals surface area contributed by atoms with Gasteiger partial charge in [0.1, 0.15) is 6.17 Å². The summed E-state index contributed by atoms with van der Waals surface area (Å²) in [7, 11) is 0. The van der Waals surface area contributed by atoms with Gasteiger partial charge in [0.05, 0.1) is 0 Å². The molecule has 2 nitrogen and oxygen atoms in total. The molecule has 0 aliphatic heterocycles. The van der Waals surface area contributed by atoms with E-state index >= 15 is 0 Å². The Morgan fingerprint density at radius 3 is 2.60 bits per heavy atom. The first kappa shape index (κ1) is 17.4. The molecule has 0 aromatic carbocycles. The fourth-order valence-corrected chi connectivity index (χ4v) is 7.63. The van der Waals surface area contributed by atoms with Crippen LogP contribution in [0.5, 0.6) is 0 Å². The number of Topliss-reactive ketones (excluding diaryl/α,β-unsaturated/α-hetero) is 2. The second kappa shape index (κ2) is 5.50. The van der Waals surface area contributed by atoms with Crippen molar-refractivity contribution in [2.24, 2.45) is 40.4 Å². The van der Waals surface area contributed by atoms with Crippen molar-refractivity contribution in [1.29, 1.82) is 0 Å². The van der Waals surface area contributed by atoms with Crippen LogP contribution in [0.15, 0.2) is 12.2 Å². The van der Waals surface area contributed by atoms with Crippen LogP contribution >= 0.6 is 0 Å². The second-order valence-corrected chi connectivity index (χ2v) is 9.85. The van der Waals surface area contributed by atoms with Gasteiger partial charge in [-0.25, -0.2) is 4.39 Å². The third kappa shape index (κ3) is 2.20. The Bertz CT molecular complexity index is 640. The Morgan fingerprint density at radius 1 is 1.20 bits per heavy atom. The van der Waals surface area contributed by atoms with Crippen LogP contribution < -0.4 is 0 Å². The molecule has 0 aromatic rings. The van der Waals surface area contributed by atoms with E-state index < -0.39 is 11.6 Å². The number of fused-ring (bicyclic) bond motifs is 5. The van der Waals surface area contributed by atoms with Crippen LogP contribution in [-0.2, 0) is 9.59 Å². The first-order valence-electron chi connectivity index (χ1n) is 10.1. The molecule has 0 amide bonds. The van der Waals surface area contributed by atoms with Gasteiger partial charge in [0, 0.05) is 11.8 Å². The van der Waals surface area contributed by atoms with Crippen LogP contribution in [0.4, 0.5) is 4.39 Å². The van der Waals surface area contributed by atoms with Gasteiger partial charge in [0.2, 0.25) is 5.78 Å². The number of carbonyl (C=O) groups excluding carboxylic acids is 2. The third-order valence-electron chi connectivity index (χ3n) is 8.69. The third-order valence-corrected chi connectivity index (χ3v) is 8.69. The lowest BCUT2D eigenvalue weighted by atomic mass is 9.42. The normalized spacial score (nSPS) is 52.6. The molecule has 138 valence electrons. The number of hydrogen-bond donors (Lipinski definition) is 0. The molecule has 4 rings (SSSR count). The molecule has 0 aromatic heterocycles. The minimum absolute atomic E-state index is 0.0654. The lowest BCUT2D eigenvalue weighted by Gasteiger charge is -2.60. The summed E-state index contributed by atoms with van der Waals surface area (Å²) in [6.45, 7) is 10.8. The van der Waals surface area contributed by atoms with Gasteiger partial charge in [-0.05, 0) is 67.1 Å². The molecule has 25 heavy (non-hydrogen) atoms. The zero-order chi connectivity index (χ0) is 18.1. The minimum Gasteiger partial charge on any atom is -0.291 e. The highest BCUT2D eigenvalue weighted by atomic mass is 19.1. The van der Waals surface area contributed by atoms with Crippen molar-refractivity contribution in [3.8, 4) is 0 Å². The first-order chi connectivity index (χ1) is 11.7. The molecule has 4 fully saturated rings. The predicted molar refractivity (Wildman–Crippen MR) is 95.7 cm³/mol. The van der Waals surface area contributed by atoms with Gasteiger partial charge < -0.3 is 0 Å². The van der Waals surface area contributed by atoms with Crippen molar-refractivity contribution in [1.82, 2.24) is 0 Å². The maximum Gasteiger partial charge on any atom is 0.205 e. The van der Waals surface area contributed by atoms with Crippen molar-refractivity contribution in [2.45, 2.75) is 71.9 Å². The van der Waals surface area contributed by atoms with Gasteiger partial charge in [-0.3, -0.25) is 9.59 Å². The Balaban J connectivity index is 1.77. The SMILES string of the molecule is C=C1CC2C3CC(F)CC3(C)CCC2C2(C)C(=O)C(=O)CC(CC)C12. The Kier molecular flexibility index (Phi) is 3.84. The largest absolute Gasteiger partial charge is 0.291 e. The van der Waals surface area contributed by atoms with Gasteiger partial charge in [-0.1, -0.05) is 39.3 Å². The molecule has 3 heteroatoms. The molecule has 0 N–H and O–H groups in total. The Labute approximate surface area is 150 Å². The number of ketones is 2. The van der Waals surface area contributed by atoms with Crippen LogP contribution in [0, 0.1) is 40.4 Å². The molecular formula is C22H31FO2. The zero-order valence-electron chi connectivity index (χ0n) is 15.8. The fraction of sp³-hybridized carbons (Fsp3) is 0.818. The molecular weight excluding hydrogens is 315 g/mol. The summed E-state index contributed by atoms with van der Waals surface area (Å²) in [5.41, 5.74) is 0.616. The second-order valence-electron chi connectivity index (χ2n) is 9.85. The standard InChI is InChI=1S/C22H31FO2/c1-5-13-9-18(24)20(25)22(4)16-6-7-21(3)11-14(23)10-17(21)15(16)8-12(2)19(13)22/h13-17,19H,2,5-11H2,1,3-4H3. The van der Waals surface area contributed by atoms with Gasteiger partial charge in [-0.15, -0.1) is 0 Å². The quantitative estimate of drug-likeness (QED) is 0.499. The van der Waals surface area contributed by atoms with Gasteiger partial charge in [0.25, 0.3) is 0 Å². The number of allylic oxidation sites excluding steroid dienone is 1. The molecule has 8 unspecified atom stereocenters. The minimum atomic E-state index is -0.709. The summed E-state index contributed by atoms with van der Waals surface area (Å²) in [6.07, 6.45) is 4.77. The Morgan fingerprint density at radius 2 is 1.92 bits per heavy atom. The summed E-state index contributed by atoms with van der Waals surface area (Å²) >= 11 is 0. The Hall–Kier alpha value is -0.990. The molecule has 4 aliphatic rings.